The van der Waals surface area contributed by atoms with Crippen molar-refractivity contribution in [2.75, 3.05) is 7.05 Å². The SMILES string of the molecule is CCn1ccn(CC(NC)C(C)C)c1=O. The van der Waals surface area contributed by atoms with Gasteiger partial charge in [-0.05, 0) is 19.9 Å². The lowest BCUT2D eigenvalue weighted by molar-refractivity contribution is 0.372. The molecular formula is C11H21N3O. The molecule has 0 spiro atoms. The molecular weight excluding hydrogens is 190 g/mol. The maximum atomic E-state index is 11.8. The number of rotatable bonds is 5. The summed E-state index contributed by atoms with van der Waals surface area (Å²) >= 11 is 0. The lowest BCUT2D eigenvalue weighted by atomic mass is 10.1. The minimum Gasteiger partial charge on any atom is -0.315 e. The Balaban J connectivity index is 2.80. The van der Waals surface area contributed by atoms with Crippen molar-refractivity contribution in [1.82, 2.24) is 14.5 Å². The monoisotopic (exact) mass is 211 g/mol. The molecule has 1 rings (SSSR count). The molecule has 86 valence electrons. The van der Waals surface area contributed by atoms with E-state index in [2.05, 4.69) is 19.2 Å². The molecule has 1 unspecified atom stereocenters. The number of aromatic nitrogens is 2. The summed E-state index contributed by atoms with van der Waals surface area (Å²) in [5.74, 6) is 0.520. The van der Waals surface area contributed by atoms with Crippen LogP contribution in [-0.4, -0.2) is 22.2 Å². The first-order valence-electron chi connectivity index (χ1n) is 5.53. The fourth-order valence-corrected chi connectivity index (χ4v) is 1.68. The molecule has 0 bridgehead atoms. The third kappa shape index (κ3) is 2.72. The molecule has 0 saturated heterocycles. The van der Waals surface area contributed by atoms with Gasteiger partial charge in [-0.25, -0.2) is 4.79 Å². The quantitative estimate of drug-likeness (QED) is 0.786. The predicted octanol–water partition coefficient (Wildman–Crippen LogP) is 0.914. The maximum Gasteiger partial charge on any atom is 0.328 e. The normalized spacial score (nSPS) is 13.4. The molecule has 1 aromatic heterocycles. The summed E-state index contributed by atoms with van der Waals surface area (Å²) in [5, 5.41) is 3.24. The average molecular weight is 211 g/mol. The standard InChI is InChI=1S/C11H21N3O/c1-5-13-6-7-14(11(13)15)8-10(12-4)9(2)3/h6-7,9-10,12H,5,8H2,1-4H3. The average Bonchev–Trinajstić information content (AvgIpc) is 2.55. The molecule has 0 aromatic carbocycles. The van der Waals surface area contributed by atoms with Gasteiger partial charge in [0.25, 0.3) is 0 Å². The molecule has 4 nitrogen and oxygen atoms in total. The van der Waals surface area contributed by atoms with Crippen molar-refractivity contribution in [3.63, 3.8) is 0 Å². The van der Waals surface area contributed by atoms with Crippen LogP contribution in [0.2, 0.25) is 0 Å². The van der Waals surface area contributed by atoms with Gasteiger partial charge in [-0.3, -0.25) is 9.13 Å². The molecule has 15 heavy (non-hydrogen) atoms. The Morgan fingerprint density at radius 1 is 1.33 bits per heavy atom. The van der Waals surface area contributed by atoms with E-state index in [-0.39, 0.29) is 5.69 Å². The second-order valence-corrected chi connectivity index (χ2v) is 4.16. The highest BCUT2D eigenvalue weighted by Gasteiger charge is 2.13. The molecule has 0 fully saturated rings. The number of likely N-dealkylation sites (N-methyl/N-ethyl adjacent to an activating group) is 1. The van der Waals surface area contributed by atoms with Gasteiger partial charge < -0.3 is 5.32 Å². The van der Waals surface area contributed by atoms with E-state index in [4.69, 9.17) is 0 Å². The highest BCUT2D eigenvalue weighted by atomic mass is 16.1. The summed E-state index contributed by atoms with van der Waals surface area (Å²) < 4.78 is 3.48. The molecule has 1 heterocycles. The van der Waals surface area contributed by atoms with Crippen molar-refractivity contribution in [2.24, 2.45) is 5.92 Å². The van der Waals surface area contributed by atoms with Crippen LogP contribution in [-0.2, 0) is 13.1 Å². The Bertz CT molecular complexity index is 351. The molecule has 1 N–H and O–H groups in total. The summed E-state index contributed by atoms with van der Waals surface area (Å²) in [5.41, 5.74) is 0.0819. The highest BCUT2D eigenvalue weighted by molar-refractivity contribution is 4.83. The third-order valence-electron chi connectivity index (χ3n) is 2.83. The molecule has 0 radical (unpaired) electrons. The van der Waals surface area contributed by atoms with Crippen LogP contribution < -0.4 is 11.0 Å². The van der Waals surface area contributed by atoms with E-state index >= 15 is 0 Å². The maximum absolute atomic E-state index is 11.8. The lowest BCUT2D eigenvalue weighted by Crippen LogP contribution is -2.38. The van der Waals surface area contributed by atoms with Crippen LogP contribution in [0.5, 0.6) is 0 Å². The van der Waals surface area contributed by atoms with Gasteiger partial charge in [0.2, 0.25) is 0 Å². The fraction of sp³-hybridized carbons (Fsp3) is 0.727. The van der Waals surface area contributed by atoms with Gasteiger partial charge in [-0.2, -0.15) is 0 Å². The first-order valence-corrected chi connectivity index (χ1v) is 5.53. The van der Waals surface area contributed by atoms with E-state index in [0.717, 1.165) is 13.1 Å². The Hall–Kier alpha value is -1.03. The van der Waals surface area contributed by atoms with Crippen molar-refractivity contribution < 1.29 is 0 Å². The van der Waals surface area contributed by atoms with Crippen molar-refractivity contribution in [1.29, 1.82) is 0 Å². The van der Waals surface area contributed by atoms with Gasteiger partial charge >= 0.3 is 5.69 Å². The van der Waals surface area contributed by atoms with E-state index in [9.17, 15) is 4.79 Å². The number of hydrogen-bond acceptors (Lipinski definition) is 2. The topological polar surface area (TPSA) is 39.0 Å². The Morgan fingerprint density at radius 2 is 1.93 bits per heavy atom. The summed E-state index contributed by atoms with van der Waals surface area (Å²) in [6, 6.07) is 0.343. The summed E-state index contributed by atoms with van der Waals surface area (Å²) in [7, 11) is 1.94. The Labute approximate surface area is 90.9 Å². The van der Waals surface area contributed by atoms with Crippen molar-refractivity contribution in [3.05, 3.63) is 22.9 Å². The molecule has 0 amide bonds. The van der Waals surface area contributed by atoms with Crippen molar-refractivity contribution in [3.8, 4) is 0 Å². The lowest BCUT2D eigenvalue weighted by Gasteiger charge is -2.19. The third-order valence-corrected chi connectivity index (χ3v) is 2.83. The van der Waals surface area contributed by atoms with E-state index < -0.39 is 0 Å². The van der Waals surface area contributed by atoms with E-state index in [1.807, 2.05) is 26.4 Å². The first kappa shape index (κ1) is 12.0. The van der Waals surface area contributed by atoms with Crippen LogP contribution in [0.4, 0.5) is 0 Å². The van der Waals surface area contributed by atoms with E-state index in [1.165, 1.54) is 0 Å². The molecule has 0 aliphatic rings. The summed E-state index contributed by atoms with van der Waals surface area (Å²) in [4.78, 5) is 11.8. The number of nitrogens with zero attached hydrogens (tertiary/aromatic N) is 2. The van der Waals surface area contributed by atoms with Crippen molar-refractivity contribution in [2.45, 2.75) is 39.9 Å². The Morgan fingerprint density at radius 3 is 2.33 bits per heavy atom. The molecule has 0 aliphatic carbocycles. The first-order chi connectivity index (χ1) is 7.10. The zero-order valence-electron chi connectivity index (χ0n) is 10.0. The van der Waals surface area contributed by atoms with Gasteiger partial charge in [-0.1, -0.05) is 13.8 Å². The number of imidazole rings is 1. The highest BCUT2D eigenvalue weighted by Crippen LogP contribution is 2.02. The molecule has 4 heteroatoms. The van der Waals surface area contributed by atoms with Crippen LogP contribution >= 0.6 is 0 Å². The second kappa shape index (κ2) is 5.16. The van der Waals surface area contributed by atoms with Crippen molar-refractivity contribution >= 4 is 0 Å². The van der Waals surface area contributed by atoms with Gasteiger partial charge in [-0.15, -0.1) is 0 Å². The predicted molar refractivity (Wildman–Crippen MR) is 62.1 cm³/mol. The van der Waals surface area contributed by atoms with Gasteiger partial charge in [0.05, 0.1) is 0 Å². The summed E-state index contributed by atoms with van der Waals surface area (Å²) in [6.07, 6.45) is 3.70. The zero-order chi connectivity index (χ0) is 11.4. The molecule has 0 aliphatic heterocycles. The zero-order valence-corrected chi connectivity index (χ0v) is 10.0. The second-order valence-electron chi connectivity index (χ2n) is 4.16. The van der Waals surface area contributed by atoms with Crippen LogP contribution in [0, 0.1) is 5.92 Å². The molecule has 1 aromatic rings. The van der Waals surface area contributed by atoms with Crippen LogP contribution in [0.25, 0.3) is 0 Å². The van der Waals surface area contributed by atoms with Gasteiger partial charge in [0, 0.05) is 31.5 Å². The van der Waals surface area contributed by atoms with Gasteiger partial charge in [0.1, 0.15) is 0 Å². The minimum absolute atomic E-state index is 0.0819. The fourth-order valence-electron chi connectivity index (χ4n) is 1.68. The number of hydrogen-bond donors (Lipinski definition) is 1. The smallest absolute Gasteiger partial charge is 0.315 e. The Kier molecular flexibility index (Phi) is 4.15. The summed E-state index contributed by atoms with van der Waals surface area (Å²) in [6.45, 7) is 7.76. The molecule has 0 saturated carbocycles. The van der Waals surface area contributed by atoms with Gasteiger partial charge in [0.15, 0.2) is 0 Å². The number of nitrogens with one attached hydrogen (secondary N) is 1. The van der Waals surface area contributed by atoms with Crippen LogP contribution in [0.15, 0.2) is 17.2 Å². The minimum atomic E-state index is 0.0819. The molecule has 1 atom stereocenters. The van der Waals surface area contributed by atoms with E-state index in [0.29, 0.717) is 12.0 Å². The van der Waals surface area contributed by atoms with Crippen LogP contribution in [0.1, 0.15) is 20.8 Å². The van der Waals surface area contributed by atoms with Crippen LogP contribution in [0.3, 0.4) is 0 Å². The largest absolute Gasteiger partial charge is 0.328 e. The van der Waals surface area contributed by atoms with E-state index in [1.54, 1.807) is 9.13 Å². The number of aryl methyl sites for hydroxylation is 1.